The number of ether oxygens (including phenoxy) is 1. The van der Waals surface area contributed by atoms with Crippen molar-refractivity contribution < 1.29 is 13.9 Å². The predicted molar refractivity (Wildman–Crippen MR) is 85.3 cm³/mol. The summed E-state index contributed by atoms with van der Waals surface area (Å²) in [6.07, 6.45) is 5.22. The SMILES string of the molecule is CC(=O)C=CCCc1ccc(OCc2ccc(F)cc2)cc1. The number of hydrogen-bond acceptors (Lipinski definition) is 2. The largest absolute Gasteiger partial charge is 0.489 e. The molecule has 0 heterocycles. The van der Waals surface area contributed by atoms with Gasteiger partial charge in [0.25, 0.3) is 0 Å². The van der Waals surface area contributed by atoms with E-state index in [4.69, 9.17) is 4.74 Å². The van der Waals surface area contributed by atoms with E-state index in [1.807, 2.05) is 30.3 Å². The Morgan fingerprint density at radius 1 is 1.05 bits per heavy atom. The van der Waals surface area contributed by atoms with Crippen molar-refractivity contribution in [2.24, 2.45) is 0 Å². The van der Waals surface area contributed by atoms with Crippen LogP contribution in [0.15, 0.2) is 60.7 Å². The van der Waals surface area contributed by atoms with Gasteiger partial charge in [0.2, 0.25) is 0 Å². The zero-order valence-corrected chi connectivity index (χ0v) is 12.6. The smallest absolute Gasteiger partial charge is 0.152 e. The van der Waals surface area contributed by atoms with Crippen molar-refractivity contribution in [2.75, 3.05) is 0 Å². The highest BCUT2D eigenvalue weighted by molar-refractivity contribution is 5.87. The summed E-state index contributed by atoms with van der Waals surface area (Å²) in [5.74, 6) is 0.615. The first-order valence-electron chi connectivity index (χ1n) is 7.27. The number of rotatable bonds is 7. The third-order valence-corrected chi connectivity index (χ3v) is 3.19. The van der Waals surface area contributed by atoms with Gasteiger partial charge in [-0.2, -0.15) is 0 Å². The Kier molecular flexibility index (Phi) is 5.90. The molecule has 114 valence electrons. The summed E-state index contributed by atoms with van der Waals surface area (Å²) in [5.41, 5.74) is 2.13. The van der Waals surface area contributed by atoms with Crippen LogP contribution in [0.2, 0.25) is 0 Å². The molecule has 0 aliphatic carbocycles. The first-order valence-corrected chi connectivity index (χ1v) is 7.27. The van der Waals surface area contributed by atoms with Gasteiger partial charge in [-0.3, -0.25) is 4.79 Å². The second kappa shape index (κ2) is 8.13. The van der Waals surface area contributed by atoms with Crippen LogP contribution in [0.3, 0.4) is 0 Å². The molecule has 2 nitrogen and oxygen atoms in total. The Morgan fingerprint density at radius 2 is 1.68 bits per heavy atom. The molecular formula is C19H19FO2. The summed E-state index contributed by atoms with van der Waals surface area (Å²) in [6.45, 7) is 1.96. The first kappa shape index (κ1) is 16.0. The molecule has 0 amide bonds. The van der Waals surface area contributed by atoms with Gasteiger partial charge in [-0.25, -0.2) is 4.39 Å². The number of carbonyl (C=O) groups is 1. The topological polar surface area (TPSA) is 26.3 Å². The molecule has 2 aromatic carbocycles. The Labute approximate surface area is 130 Å². The van der Waals surface area contributed by atoms with Gasteiger partial charge >= 0.3 is 0 Å². The maximum absolute atomic E-state index is 12.8. The minimum absolute atomic E-state index is 0.0736. The van der Waals surface area contributed by atoms with Gasteiger partial charge in [-0.15, -0.1) is 0 Å². The lowest BCUT2D eigenvalue weighted by molar-refractivity contribution is -0.112. The Hall–Kier alpha value is -2.42. The Balaban J connectivity index is 1.81. The molecule has 0 aliphatic rings. The van der Waals surface area contributed by atoms with Crippen molar-refractivity contribution in [1.29, 1.82) is 0 Å². The summed E-state index contributed by atoms with van der Waals surface area (Å²) in [7, 11) is 0. The third kappa shape index (κ3) is 5.52. The lowest BCUT2D eigenvalue weighted by Crippen LogP contribution is -1.95. The van der Waals surface area contributed by atoms with Crippen LogP contribution < -0.4 is 4.74 Å². The van der Waals surface area contributed by atoms with Gasteiger partial charge in [-0.1, -0.05) is 30.3 Å². The average molecular weight is 298 g/mol. The molecule has 0 fully saturated rings. The van der Waals surface area contributed by atoms with Crippen LogP contribution in [0, 0.1) is 5.82 Å². The molecule has 0 atom stereocenters. The predicted octanol–water partition coefficient (Wildman–Crippen LogP) is 4.48. The molecule has 0 bridgehead atoms. The van der Waals surface area contributed by atoms with Crippen molar-refractivity contribution in [2.45, 2.75) is 26.4 Å². The third-order valence-electron chi connectivity index (χ3n) is 3.19. The normalized spacial score (nSPS) is 10.8. The highest BCUT2D eigenvalue weighted by Crippen LogP contribution is 2.15. The molecule has 0 aromatic heterocycles. The summed E-state index contributed by atoms with van der Waals surface area (Å²) in [6, 6.07) is 14.2. The fraction of sp³-hybridized carbons (Fsp3) is 0.211. The van der Waals surface area contributed by atoms with E-state index in [9.17, 15) is 9.18 Å². The highest BCUT2D eigenvalue weighted by atomic mass is 19.1. The molecule has 0 saturated heterocycles. The van der Waals surface area contributed by atoms with Crippen molar-refractivity contribution in [3.8, 4) is 5.75 Å². The molecule has 0 unspecified atom stereocenters. The van der Waals surface area contributed by atoms with E-state index in [0.29, 0.717) is 6.61 Å². The van der Waals surface area contributed by atoms with Crippen LogP contribution in [0.25, 0.3) is 0 Å². The summed E-state index contributed by atoms with van der Waals surface area (Å²) < 4.78 is 18.5. The van der Waals surface area contributed by atoms with Gasteiger partial charge in [0.1, 0.15) is 18.2 Å². The number of carbonyl (C=O) groups excluding carboxylic acids is 1. The zero-order chi connectivity index (χ0) is 15.8. The molecule has 0 aliphatic heterocycles. The fourth-order valence-electron chi connectivity index (χ4n) is 2.00. The molecule has 22 heavy (non-hydrogen) atoms. The Bertz CT molecular complexity index is 627. The van der Waals surface area contributed by atoms with Crippen LogP contribution >= 0.6 is 0 Å². The van der Waals surface area contributed by atoms with E-state index in [2.05, 4.69) is 0 Å². The number of aryl methyl sites for hydroxylation is 1. The van der Waals surface area contributed by atoms with E-state index < -0.39 is 0 Å². The summed E-state index contributed by atoms with van der Waals surface area (Å²) >= 11 is 0. The monoisotopic (exact) mass is 298 g/mol. The van der Waals surface area contributed by atoms with Gasteiger partial charge in [0, 0.05) is 0 Å². The number of halogens is 1. The van der Waals surface area contributed by atoms with Crippen molar-refractivity contribution in [1.82, 2.24) is 0 Å². The molecule has 0 N–H and O–H groups in total. The van der Waals surface area contributed by atoms with E-state index in [-0.39, 0.29) is 11.6 Å². The fourth-order valence-corrected chi connectivity index (χ4v) is 2.00. The van der Waals surface area contributed by atoms with Crippen molar-refractivity contribution >= 4 is 5.78 Å². The van der Waals surface area contributed by atoms with Gasteiger partial charge in [0.15, 0.2) is 5.78 Å². The van der Waals surface area contributed by atoms with Crippen molar-refractivity contribution in [3.63, 3.8) is 0 Å². The van der Waals surface area contributed by atoms with E-state index >= 15 is 0 Å². The molecule has 2 aromatic rings. The maximum Gasteiger partial charge on any atom is 0.152 e. The van der Waals surface area contributed by atoms with Gasteiger partial charge in [0.05, 0.1) is 0 Å². The quantitative estimate of drug-likeness (QED) is 0.704. The second-order valence-corrected chi connectivity index (χ2v) is 5.11. The highest BCUT2D eigenvalue weighted by Gasteiger charge is 1.98. The van der Waals surface area contributed by atoms with E-state index in [1.54, 1.807) is 25.1 Å². The van der Waals surface area contributed by atoms with E-state index in [1.165, 1.54) is 17.7 Å². The van der Waals surface area contributed by atoms with E-state index in [0.717, 1.165) is 24.2 Å². The zero-order valence-electron chi connectivity index (χ0n) is 12.6. The minimum atomic E-state index is -0.244. The standard InChI is InChI=1S/C19H19FO2/c1-15(21)4-2-3-5-16-8-12-19(13-9-16)22-14-17-6-10-18(20)11-7-17/h2,4,6-13H,3,5,14H2,1H3. The molecular weight excluding hydrogens is 279 g/mol. The number of benzene rings is 2. The molecule has 3 heteroatoms. The number of allylic oxidation sites excluding steroid dienone is 2. The van der Waals surface area contributed by atoms with Crippen molar-refractivity contribution in [3.05, 3.63) is 77.6 Å². The van der Waals surface area contributed by atoms with Gasteiger partial charge in [-0.05, 0) is 61.2 Å². The maximum atomic E-state index is 12.8. The number of ketones is 1. The molecule has 0 radical (unpaired) electrons. The Morgan fingerprint density at radius 3 is 2.32 bits per heavy atom. The van der Waals surface area contributed by atoms with Crippen LogP contribution in [-0.2, 0) is 17.8 Å². The molecule has 2 rings (SSSR count). The first-order chi connectivity index (χ1) is 10.6. The van der Waals surface area contributed by atoms with Gasteiger partial charge < -0.3 is 4.74 Å². The minimum Gasteiger partial charge on any atom is -0.489 e. The average Bonchev–Trinajstić information content (AvgIpc) is 2.52. The van der Waals surface area contributed by atoms with Crippen LogP contribution in [0.4, 0.5) is 4.39 Å². The molecule has 0 spiro atoms. The van der Waals surface area contributed by atoms with Crippen LogP contribution in [-0.4, -0.2) is 5.78 Å². The lowest BCUT2D eigenvalue weighted by Gasteiger charge is -2.07. The number of hydrogen-bond donors (Lipinski definition) is 0. The van der Waals surface area contributed by atoms with Crippen LogP contribution in [0.1, 0.15) is 24.5 Å². The molecule has 0 saturated carbocycles. The summed E-state index contributed by atoms with van der Waals surface area (Å²) in [5, 5.41) is 0. The summed E-state index contributed by atoms with van der Waals surface area (Å²) in [4.78, 5) is 10.8. The lowest BCUT2D eigenvalue weighted by atomic mass is 10.1. The second-order valence-electron chi connectivity index (χ2n) is 5.11. The van der Waals surface area contributed by atoms with Crippen LogP contribution in [0.5, 0.6) is 5.75 Å².